The molecule has 8 heteroatoms. The number of carbonyl (C=O) groups excluding carboxylic acids is 1. The summed E-state index contributed by atoms with van der Waals surface area (Å²) in [5, 5.41) is 2.54. The average Bonchev–Trinajstić information content (AvgIpc) is 2.99. The molecule has 39 heavy (non-hydrogen) atoms. The molecular weight excluding hydrogens is 514 g/mol. The molecule has 0 saturated heterocycles. The lowest BCUT2D eigenvalue weighted by atomic mass is 9.97. The van der Waals surface area contributed by atoms with E-state index in [0.29, 0.717) is 23.9 Å². The summed E-state index contributed by atoms with van der Waals surface area (Å²) in [6, 6.07) is 26.3. The summed E-state index contributed by atoms with van der Waals surface area (Å²) >= 11 is 6.66. The van der Waals surface area contributed by atoms with Gasteiger partial charge in [-0.1, -0.05) is 90.5 Å². The fraction of sp³-hybridized carbons (Fsp3) is 0.161. The molecule has 3 heterocycles. The van der Waals surface area contributed by atoms with Crippen LogP contribution in [-0.2, 0) is 6.61 Å². The minimum Gasteiger partial charge on any atom is -0.488 e. The monoisotopic (exact) mass is 539 g/mol. The lowest BCUT2D eigenvalue weighted by Crippen LogP contribution is -2.55. The first-order chi connectivity index (χ1) is 19.1. The van der Waals surface area contributed by atoms with Crippen molar-refractivity contribution < 1.29 is 14.3 Å². The molecule has 3 aromatic carbocycles. The van der Waals surface area contributed by atoms with Crippen LogP contribution in [0.5, 0.6) is 11.5 Å². The van der Waals surface area contributed by atoms with E-state index in [-0.39, 0.29) is 36.1 Å². The van der Waals surface area contributed by atoms with Crippen LogP contribution in [0.3, 0.4) is 0 Å². The Bertz CT molecular complexity index is 1590. The fourth-order valence-corrected chi connectivity index (χ4v) is 5.27. The van der Waals surface area contributed by atoms with Crippen LogP contribution in [0.2, 0.25) is 5.02 Å². The van der Waals surface area contributed by atoms with Gasteiger partial charge in [0.15, 0.2) is 11.4 Å². The highest BCUT2D eigenvalue weighted by Gasteiger charge is 2.38. The molecule has 0 radical (unpaired) electrons. The van der Waals surface area contributed by atoms with Crippen LogP contribution in [0, 0.1) is 0 Å². The van der Waals surface area contributed by atoms with E-state index in [1.807, 2.05) is 90.0 Å². The predicted molar refractivity (Wildman–Crippen MR) is 150 cm³/mol. The molecular formula is C31H26ClN3O4. The molecule has 1 unspecified atom stereocenters. The number of nitrogens with zero attached hydrogens (tertiary/aromatic N) is 3. The number of ether oxygens (including phenoxy) is 2. The first-order valence-corrected chi connectivity index (χ1v) is 13.1. The first kappa shape index (κ1) is 24.8. The van der Waals surface area contributed by atoms with Gasteiger partial charge in [-0.2, -0.15) is 0 Å². The van der Waals surface area contributed by atoms with E-state index < -0.39 is 6.04 Å². The minimum absolute atomic E-state index is 0.0225. The molecule has 2 aliphatic heterocycles. The van der Waals surface area contributed by atoms with Crippen LogP contribution in [0.25, 0.3) is 0 Å². The van der Waals surface area contributed by atoms with Gasteiger partial charge in [-0.25, -0.2) is 0 Å². The van der Waals surface area contributed by atoms with Crippen molar-refractivity contribution in [2.75, 3.05) is 24.8 Å². The SMILES string of the molecule is O=C1c2c(OCc3ccccc3)c(=O)ccn2N2CN1C/C=C\COc1c(Cl)cccc1C2c1ccccc1. The van der Waals surface area contributed by atoms with Crippen LogP contribution in [0.1, 0.15) is 33.2 Å². The molecule has 1 amide bonds. The van der Waals surface area contributed by atoms with Crippen molar-refractivity contribution in [2.24, 2.45) is 0 Å². The number of para-hydroxylation sites is 1. The number of carbonyl (C=O) groups is 1. The zero-order valence-electron chi connectivity index (χ0n) is 21.1. The molecule has 7 nitrogen and oxygen atoms in total. The second-order valence-corrected chi connectivity index (χ2v) is 9.75. The summed E-state index contributed by atoms with van der Waals surface area (Å²) in [6.07, 6.45) is 5.39. The van der Waals surface area contributed by atoms with Gasteiger partial charge in [-0.3, -0.25) is 19.3 Å². The second-order valence-electron chi connectivity index (χ2n) is 9.34. The highest BCUT2D eigenvalue weighted by Crippen LogP contribution is 2.40. The van der Waals surface area contributed by atoms with Crippen LogP contribution in [-0.4, -0.2) is 35.3 Å². The van der Waals surface area contributed by atoms with Gasteiger partial charge >= 0.3 is 0 Å². The van der Waals surface area contributed by atoms with Gasteiger partial charge in [0.05, 0.1) is 5.02 Å². The first-order valence-electron chi connectivity index (χ1n) is 12.7. The van der Waals surface area contributed by atoms with Crippen LogP contribution < -0.4 is 19.9 Å². The Balaban J connectivity index is 1.55. The van der Waals surface area contributed by atoms with Gasteiger partial charge in [0.2, 0.25) is 5.43 Å². The molecule has 6 rings (SSSR count). The van der Waals surface area contributed by atoms with Crippen molar-refractivity contribution in [1.82, 2.24) is 9.58 Å². The smallest absolute Gasteiger partial charge is 0.278 e. The highest BCUT2D eigenvalue weighted by atomic mass is 35.5. The van der Waals surface area contributed by atoms with Crippen molar-refractivity contribution in [3.63, 3.8) is 0 Å². The Hall–Kier alpha value is -4.49. The Morgan fingerprint density at radius 2 is 1.67 bits per heavy atom. The van der Waals surface area contributed by atoms with Crippen LogP contribution >= 0.6 is 11.6 Å². The highest BCUT2D eigenvalue weighted by molar-refractivity contribution is 6.32. The number of rotatable bonds is 4. The number of amides is 1. The van der Waals surface area contributed by atoms with Crippen molar-refractivity contribution in [1.29, 1.82) is 0 Å². The maximum Gasteiger partial charge on any atom is 0.278 e. The molecule has 0 fully saturated rings. The number of fused-ring (bicyclic) bond motifs is 5. The molecule has 1 aromatic heterocycles. The van der Waals surface area contributed by atoms with E-state index in [2.05, 4.69) is 0 Å². The Morgan fingerprint density at radius 3 is 2.46 bits per heavy atom. The maximum absolute atomic E-state index is 13.9. The Kier molecular flexibility index (Phi) is 6.82. The number of pyridine rings is 1. The largest absolute Gasteiger partial charge is 0.488 e. The standard InChI is InChI=1S/C31H26ClN3O4/c32-25-15-9-14-24-27(23-12-5-2-6-13-23)35-21-33(17-7-8-19-38-29(24)25)31(37)28-30(26(36)16-18-34(28)35)39-20-22-10-3-1-4-11-22/h1-16,18,27H,17,19-21H2/b8-7-. The molecule has 4 aromatic rings. The minimum atomic E-state index is -0.392. The van der Waals surface area contributed by atoms with Crippen molar-refractivity contribution in [3.05, 3.63) is 141 Å². The van der Waals surface area contributed by atoms with Gasteiger partial charge in [0.25, 0.3) is 5.91 Å². The molecule has 1 atom stereocenters. The molecule has 2 bridgehead atoms. The summed E-state index contributed by atoms with van der Waals surface area (Å²) < 4.78 is 14.0. The quantitative estimate of drug-likeness (QED) is 0.335. The zero-order valence-corrected chi connectivity index (χ0v) is 21.8. The number of aromatic nitrogens is 1. The van der Waals surface area contributed by atoms with E-state index in [1.54, 1.807) is 21.8 Å². The van der Waals surface area contributed by atoms with Gasteiger partial charge in [0, 0.05) is 24.4 Å². The maximum atomic E-state index is 13.9. The van der Waals surface area contributed by atoms with Crippen molar-refractivity contribution in [3.8, 4) is 11.5 Å². The van der Waals surface area contributed by atoms with Gasteiger partial charge in [0.1, 0.15) is 31.7 Å². The lowest BCUT2D eigenvalue weighted by Gasteiger charge is -2.44. The number of benzene rings is 3. The molecule has 2 aliphatic rings. The fourth-order valence-electron chi connectivity index (χ4n) is 5.03. The average molecular weight is 540 g/mol. The normalized spacial score (nSPS) is 17.4. The predicted octanol–water partition coefficient (Wildman–Crippen LogP) is 5.17. The Labute approximate surface area is 231 Å². The van der Waals surface area contributed by atoms with Crippen molar-refractivity contribution in [2.45, 2.75) is 12.6 Å². The molecule has 0 spiro atoms. The molecule has 0 saturated carbocycles. The summed E-state index contributed by atoms with van der Waals surface area (Å²) in [5.41, 5.74) is 2.54. The van der Waals surface area contributed by atoms with E-state index in [0.717, 1.165) is 16.7 Å². The van der Waals surface area contributed by atoms with E-state index >= 15 is 0 Å². The third kappa shape index (κ3) is 4.77. The number of halogens is 1. The topological polar surface area (TPSA) is 64.0 Å². The van der Waals surface area contributed by atoms with Gasteiger partial charge in [-0.05, 0) is 23.3 Å². The summed E-state index contributed by atoms with van der Waals surface area (Å²) in [4.78, 5) is 28.7. The van der Waals surface area contributed by atoms with Crippen molar-refractivity contribution >= 4 is 17.5 Å². The van der Waals surface area contributed by atoms with Crippen LogP contribution in [0.4, 0.5) is 0 Å². The van der Waals surface area contributed by atoms with Gasteiger partial charge < -0.3 is 14.4 Å². The van der Waals surface area contributed by atoms with Gasteiger partial charge in [-0.15, -0.1) is 0 Å². The summed E-state index contributed by atoms with van der Waals surface area (Å²) in [6.45, 7) is 1.07. The number of hydrogen-bond acceptors (Lipinski definition) is 5. The Morgan fingerprint density at radius 1 is 0.897 bits per heavy atom. The summed E-state index contributed by atoms with van der Waals surface area (Å²) in [5.74, 6) is 0.315. The lowest BCUT2D eigenvalue weighted by molar-refractivity contribution is 0.0698. The molecule has 0 N–H and O–H groups in total. The van der Waals surface area contributed by atoms with Crippen LogP contribution in [0.15, 0.2) is 108 Å². The van der Waals surface area contributed by atoms with E-state index in [9.17, 15) is 9.59 Å². The third-order valence-electron chi connectivity index (χ3n) is 6.86. The summed E-state index contributed by atoms with van der Waals surface area (Å²) in [7, 11) is 0. The molecule has 196 valence electrons. The third-order valence-corrected chi connectivity index (χ3v) is 7.16. The van der Waals surface area contributed by atoms with E-state index in [4.69, 9.17) is 21.1 Å². The number of hydrogen-bond donors (Lipinski definition) is 0. The zero-order chi connectivity index (χ0) is 26.8. The molecule has 0 aliphatic carbocycles. The second kappa shape index (κ2) is 10.7. The van der Waals surface area contributed by atoms with E-state index in [1.165, 1.54) is 6.07 Å².